The lowest BCUT2D eigenvalue weighted by molar-refractivity contribution is 0.256. The summed E-state index contributed by atoms with van der Waals surface area (Å²) in [5.74, 6) is 0.540. The van der Waals surface area contributed by atoms with E-state index in [0.717, 1.165) is 22.4 Å². The number of ether oxygens (including phenoxy) is 1. The van der Waals surface area contributed by atoms with E-state index in [9.17, 15) is 13.5 Å². The van der Waals surface area contributed by atoms with Gasteiger partial charge in [-0.25, -0.2) is 18.0 Å². The van der Waals surface area contributed by atoms with Crippen LogP contribution in [0.25, 0.3) is 16.0 Å². The van der Waals surface area contributed by atoms with Gasteiger partial charge in [0.2, 0.25) is 10.0 Å². The number of hydrogen-bond donors (Lipinski definition) is 3. The van der Waals surface area contributed by atoms with Crippen molar-refractivity contribution >= 4 is 21.4 Å². The quantitative estimate of drug-likeness (QED) is 0.192. The number of benzene rings is 3. The molecule has 0 fully saturated rings. The van der Waals surface area contributed by atoms with Gasteiger partial charge >= 0.3 is 0 Å². The standard InChI is InChI=1S/C32H34N4O4S/c1-22-31(40-21-23-10-14-26(33-5)15-11-23)29(20-37)25(18-34-22)19-35-27-16-12-24(13-17-27)28-8-6-7-9-30(28)41(38,39)36-32(2,3)4/h6-18,35-37H,19-21H2,1-4H3. The van der Waals surface area contributed by atoms with Crippen LogP contribution in [0.1, 0.15) is 43.2 Å². The van der Waals surface area contributed by atoms with Crippen LogP contribution >= 0.6 is 0 Å². The second kappa shape index (κ2) is 12.5. The number of anilines is 1. The highest BCUT2D eigenvalue weighted by molar-refractivity contribution is 7.89. The Morgan fingerprint density at radius 2 is 1.68 bits per heavy atom. The minimum atomic E-state index is -3.71. The molecule has 8 nitrogen and oxygen atoms in total. The summed E-state index contributed by atoms with van der Waals surface area (Å²) in [5, 5.41) is 13.5. The van der Waals surface area contributed by atoms with Crippen molar-refractivity contribution in [2.45, 2.75) is 57.9 Å². The van der Waals surface area contributed by atoms with Crippen molar-refractivity contribution in [2.75, 3.05) is 5.32 Å². The molecule has 0 aliphatic carbocycles. The molecule has 0 saturated carbocycles. The van der Waals surface area contributed by atoms with Crippen LogP contribution in [0.2, 0.25) is 0 Å². The normalized spacial score (nSPS) is 11.6. The van der Waals surface area contributed by atoms with Crippen LogP contribution in [0.5, 0.6) is 5.75 Å². The van der Waals surface area contributed by atoms with Gasteiger partial charge in [0.05, 0.1) is 23.8 Å². The van der Waals surface area contributed by atoms with Gasteiger partial charge < -0.3 is 15.2 Å². The van der Waals surface area contributed by atoms with E-state index in [-0.39, 0.29) is 18.1 Å². The number of aliphatic hydroxyl groups is 1. The highest BCUT2D eigenvalue weighted by Gasteiger charge is 2.24. The zero-order valence-corrected chi connectivity index (χ0v) is 24.4. The smallest absolute Gasteiger partial charge is 0.241 e. The molecule has 9 heteroatoms. The summed E-state index contributed by atoms with van der Waals surface area (Å²) >= 11 is 0. The topological polar surface area (TPSA) is 105 Å². The predicted molar refractivity (Wildman–Crippen MR) is 161 cm³/mol. The maximum Gasteiger partial charge on any atom is 0.241 e. The third-order valence-corrected chi connectivity index (χ3v) is 8.12. The average molecular weight is 571 g/mol. The molecular weight excluding hydrogens is 536 g/mol. The highest BCUT2D eigenvalue weighted by atomic mass is 32.2. The third-order valence-electron chi connectivity index (χ3n) is 6.31. The van der Waals surface area contributed by atoms with Gasteiger partial charge in [0, 0.05) is 35.1 Å². The number of sulfonamides is 1. The van der Waals surface area contributed by atoms with E-state index in [1.54, 1.807) is 36.5 Å². The molecule has 0 aliphatic rings. The summed E-state index contributed by atoms with van der Waals surface area (Å²) in [6.45, 7) is 14.8. The number of rotatable bonds is 10. The van der Waals surface area contributed by atoms with Crippen LogP contribution in [0.3, 0.4) is 0 Å². The molecule has 3 N–H and O–H groups in total. The Kier molecular flexibility index (Phi) is 9.08. The maximum atomic E-state index is 13.1. The molecule has 0 saturated heterocycles. The van der Waals surface area contributed by atoms with E-state index in [1.165, 1.54) is 0 Å². The minimum Gasteiger partial charge on any atom is -0.487 e. The Balaban J connectivity index is 1.49. The number of hydrogen-bond acceptors (Lipinski definition) is 6. The summed E-state index contributed by atoms with van der Waals surface area (Å²) in [6, 6.07) is 21.7. The van der Waals surface area contributed by atoms with Crippen LogP contribution in [0.4, 0.5) is 11.4 Å². The number of aliphatic hydroxyl groups excluding tert-OH is 1. The highest BCUT2D eigenvalue weighted by Crippen LogP contribution is 2.30. The van der Waals surface area contributed by atoms with Crippen molar-refractivity contribution in [3.8, 4) is 16.9 Å². The lowest BCUT2D eigenvalue weighted by atomic mass is 10.0. The van der Waals surface area contributed by atoms with Gasteiger partial charge in [-0.2, -0.15) is 0 Å². The van der Waals surface area contributed by atoms with Crippen LogP contribution in [-0.4, -0.2) is 24.0 Å². The molecule has 1 heterocycles. The van der Waals surface area contributed by atoms with Gasteiger partial charge in [-0.05, 0) is 62.6 Å². The zero-order chi connectivity index (χ0) is 29.6. The van der Waals surface area contributed by atoms with Gasteiger partial charge in [-0.1, -0.05) is 54.6 Å². The molecule has 0 atom stereocenters. The van der Waals surface area contributed by atoms with E-state index in [2.05, 4.69) is 19.9 Å². The van der Waals surface area contributed by atoms with E-state index in [4.69, 9.17) is 11.3 Å². The number of nitrogens with zero attached hydrogens (tertiary/aromatic N) is 2. The van der Waals surface area contributed by atoms with Crippen LogP contribution in [-0.2, 0) is 29.8 Å². The SMILES string of the molecule is [C-]#[N+]c1ccc(COc2c(C)ncc(CNc3ccc(-c4ccccc4S(=O)(=O)NC(C)(C)C)cc3)c2CO)cc1. The first kappa shape index (κ1) is 29.7. The molecule has 4 aromatic rings. The molecule has 212 valence electrons. The van der Waals surface area contributed by atoms with Crippen molar-refractivity contribution in [3.63, 3.8) is 0 Å². The van der Waals surface area contributed by atoms with E-state index in [1.807, 2.05) is 70.2 Å². The molecule has 4 rings (SSSR count). The van der Waals surface area contributed by atoms with E-state index < -0.39 is 15.6 Å². The van der Waals surface area contributed by atoms with E-state index >= 15 is 0 Å². The number of pyridine rings is 1. The second-order valence-electron chi connectivity index (χ2n) is 10.7. The fourth-order valence-corrected chi connectivity index (χ4v) is 6.03. The van der Waals surface area contributed by atoms with Crippen molar-refractivity contribution in [2.24, 2.45) is 0 Å². The Labute approximate surface area is 241 Å². The first-order valence-corrected chi connectivity index (χ1v) is 14.6. The minimum absolute atomic E-state index is 0.209. The first-order chi connectivity index (χ1) is 19.5. The summed E-state index contributed by atoms with van der Waals surface area (Å²) < 4.78 is 34.9. The van der Waals surface area contributed by atoms with Crippen molar-refractivity contribution in [1.82, 2.24) is 9.71 Å². The summed E-state index contributed by atoms with van der Waals surface area (Å²) in [4.78, 5) is 8.10. The Bertz CT molecular complexity index is 1650. The first-order valence-electron chi connectivity index (χ1n) is 13.2. The largest absolute Gasteiger partial charge is 0.487 e. The predicted octanol–water partition coefficient (Wildman–Crippen LogP) is 6.37. The fourth-order valence-electron chi connectivity index (χ4n) is 4.38. The molecule has 3 aromatic carbocycles. The monoisotopic (exact) mass is 570 g/mol. The van der Waals surface area contributed by atoms with Gasteiger partial charge in [0.1, 0.15) is 12.4 Å². The number of aromatic nitrogens is 1. The number of aryl methyl sites for hydroxylation is 1. The van der Waals surface area contributed by atoms with Crippen molar-refractivity contribution in [1.29, 1.82) is 0 Å². The molecule has 0 radical (unpaired) electrons. The molecular formula is C32H34N4O4S. The molecule has 0 aliphatic heterocycles. The maximum absolute atomic E-state index is 13.1. The van der Waals surface area contributed by atoms with Gasteiger partial charge in [-0.3, -0.25) is 4.98 Å². The Morgan fingerprint density at radius 3 is 2.32 bits per heavy atom. The molecule has 41 heavy (non-hydrogen) atoms. The molecule has 0 spiro atoms. The van der Waals surface area contributed by atoms with Crippen molar-refractivity contribution in [3.05, 3.63) is 113 Å². The van der Waals surface area contributed by atoms with Crippen molar-refractivity contribution < 1.29 is 18.3 Å². The zero-order valence-electron chi connectivity index (χ0n) is 23.6. The Morgan fingerprint density at radius 1 is 1.00 bits per heavy atom. The van der Waals surface area contributed by atoms with Crippen LogP contribution in [0, 0.1) is 13.5 Å². The molecule has 0 bridgehead atoms. The lowest BCUT2D eigenvalue weighted by Crippen LogP contribution is -2.40. The lowest BCUT2D eigenvalue weighted by Gasteiger charge is -2.21. The average Bonchev–Trinajstić information content (AvgIpc) is 2.95. The van der Waals surface area contributed by atoms with Gasteiger partial charge in [0.15, 0.2) is 5.69 Å². The fraction of sp³-hybridized carbons (Fsp3) is 0.250. The van der Waals surface area contributed by atoms with E-state index in [0.29, 0.717) is 34.8 Å². The Hall–Kier alpha value is -4.23. The summed E-state index contributed by atoms with van der Waals surface area (Å²) in [5.41, 5.74) is 5.22. The second-order valence-corrected chi connectivity index (χ2v) is 12.3. The molecule has 0 unspecified atom stereocenters. The molecule has 1 aromatic heterocycles. The van der Waals surface area contributed by atoms with Gasteiger partial charge in [0.25, 0.3) is 0 Å². The summed E-state index contributed by atoms with van der Waals surface area (Å²) in [7, 11) is -3.71. The summed E-state index contributed by atoms with van der Waals surface area (Å²) in [6.07, 6.45) is 1.73. The van der Waals surface area contributed by atoms with Crippen LogP contribution in [0.15, 0.2) is 83.9 Å². The third kappa shape index (κ3) is 7.50. The van der Waals surface area contributed by atoms with Gasteiger partial charge in [-0.15, -0.1) is 0 Å². The number of nitrogens with one attached hydrogen (secondary N) is 2. The van der Waals surface area contributed by atoms with Crippen LogP contribution < -0.4 is 14.8 Å². The molecule has 0 amide bonds.